The van der Waals surface area contributed by atoms with E-state index in [4.69, 9.17) is 18.9 Å². The van der Waals surface area contributed by atoms with Gasteiger partial charge in [-0.25, -0.2) is 4.79 Å². The topological polar surface area (TPSA) is 134 Å². The van der Waals surface area contributed by atoms with Gasteiger partial charge in [-0.15, -0.1) is 6.58 Å². The Balaban J connectivity index is 1.49. The number of aromatic nitrogens is 1. The second-order valence-corrected chi connectivity index (χ2v) is 17.4. The van der Waals surface area contributed by atoms with Gasteiger partial charge in [0, 0.05) is 84.4 Å². The van der Waals surface area contributed by atoms with Crippen LogP contribution in [0.1, 0.15) is 75.8 Å². The lowest BCUT2D eigenvalue weighted by Crippen LogP contribution is -2.81. The van der Waals surface area contributed by atoms with Crippen LogP contribution in [0.2, 0.25) is 0 Å². The van der Waals surface area contributed by atoms with Crippen molar-refractivity contribution in [3.8, 4) is 5.75 Å². The highest BCUT2D eigenvalue weighted by atomic mass is 16.6. The fourth-order valence-electron chi connectivity index (χ4n) is 12.8. The highest BCUT2D eigenvalue weighted by Gasteiger charge is 2.80. The molecule has 8 rings (SSSR count). The van der Waals surface area contributed by atoms with Gasteiger partial charge < -0.3 is 33.9 Å². The summed E-state index contributed by atoms with van der Waals surface area (Å²) in [5.74, 6) is -1.42. The van der Waals surface area contributed by atoms with Crippen molar-refractivity contribution < 1.29 is 38.4 Å². The number of anilines is 1. The van der Waals surface area contributed by atoms with E-state index in [-0.39, 0.29) is 12.0 Å². The Labute approximate surface area is 347 Å². The smallest absolute Gasteiger partial charge is 0.344 e. The molecular weight excluding hydrogens is 749 g/mol. The molecule has 0 amide bonds. The van der Waals surface area contributed by atoms with E-state index in [1.165, 1.54) is 26.7 Å². The van der Waals surface area contributed by atoms with Crippen LogP contribution in [0, 0.1) is 11.3 Å². The van der Waals surface area contributed by atoms with Gasteiger partial charge in [0.25, 0.3) is 0 Å². The van der Waals surface area contributed by atoms with Crippen LogP contribution in [0.5, 0.6) is 5.75 Å². The van der Waals surface area contributed by atoms with Gasteiger partial charge in [-0.2, -0.15) is 0 Å². The Kier molecular flexibility index (Phi) is 10.3. The monoisotopic (exact) mass is 808 g/mol. The van der Waals surface area contributed by atoms with Crippen LogP contribution in [0.4, 0.5) is 5.69 Å². The normalized spacial score (nSPS) is 33.6. The van der Waals surface area contributed by atoms with Crippen LogP contribution in [-0.4, -0.2) is 123 Å². The number of likely N-dealkylation sites (N-methyl/N-ethyl adjacent to an activating group) is 2. The molecule has 3 aromatic rings. The summed E-state index contributed by atoms with van der Waals surface area (Å²) in [4.78, 5) is 53.4. The van der Waals surface area contributed by atoms with E-state index < -0.39 is 51.9 Å². The van der Waals surface area contributed by atoms with Gasteiger partial charge in [-0.1, -0.05) is 56.7 Å². The van der Waals surface area contributed by atoms with Gasteiger partial charge >= 0.3 is 17.9 Å². The van der Waals surface area contributed by atoms with Crippen LogP contribution in [0.3, 0.4) is 0 Å². The fraction of sp³-hybridized carbons (Fsp3) is 0.553. The second-order valence-electron chi connectivity index (χ2n) is 17.4. The summed E-state index contributed by atoms with van der Waals surface area (Å²) in [6, 6.07) is 11.0. The number of nitrogens with one attached hydrogen (secondary N) is 1. The molecule has 2 N–H and O–H groups in total. The van der Waals surface area contributed by atoms with Crippen LogP contribution >= 0.6 is 0 Å². The predicted octanol–water partition coefficient (Wildman–Crippen LogP) is 5.43. The fourth-order valence-corrected chi connectivity index (χ4v) is 12.8. The number of hydrogen-bond donors (Lipinski definition) is 2. The Morgan fingerprint density at radius 3 is 2.41 bits per heavy atom. The van der Waals surface area contributed by atoms with Crippen LogP contribution in [0.15, 0.2) is 60.7 Å². The van der Waals surface area contributed by atoms with Crippen molar-refractivity contribution in [2.45, 2.75) is 94.4 Å². The molecule has 5 heterocycles. The molecule has 2 bridgehead atoms. The molecule has 12 nitrogen and oxygen atoms in total. The van der Waals surface area contributed by atoms with Crippen molar-refractivity contribution in [3.63, 3.8) is 0 Å². The zero-order valence-corrected chi connectivity index (χ0v) is 35.9. The molecule has 2 fully saturated rings. The van der Waals surface area contributed by atoms with E-state index in [1.54, 1.807) is 13.2 Å². The summed E-state index contributed by atoms with van der Waals surface area (Å²) in [7, 11) is 6.20. The summed E-state index contributed by atoms with van der Waals surface area (Å²) in [6.07, 6.45) is 5.84. The minimum Gasteiger partial charge on any atom is -0.496 e. The van der Waals surface area contributed by atoms with E-state index in [0.717, 1.165) is 65.9 Å². The zero-order valence-electron chi connectivity index (χ0n) is 35.9. The zero-order chi connectivity index (χ0) is 42.2. The number of para-hydroxylation sites is 1. The summed E-state index contributed by atoms with van der Waals surface area (Å²) in [5.41, 5.74) is 0.689. The Morgan fingerprint density at radius 2 is 1.76 bits per heavy atom. The molecule has 1 aromatic heterocycles. The molecule has 1 spiro atoms. The molecule has 0 radical (unpaired) electrons. The molecule has 12 heteroatoms. The third kappa shape index (κ3) is 5.47. The van der Waals surface area contributed by atoms with Crippen molar-refractivity contribution in [2.24, 2.45) is 11.3 Å². The first kappa shape index (κ1) is 41.1. The maximum absolute atomic E-state index is 15.3. The Bertz CT molecular complexity index is 2230. The molecule has 59 heavy (non-hydrogen) atoms. The largest absolute Gasteiger partial charge is 0.496 e. The summed E-state index contributed by atoms with van der Waals surface area (Å²) in [6.45, 7) is 15.7. The van der Waals surface area contributed by atoms with Crippen LogP contribution in [-0.2, 0) is 45.8 Å². The van der Waals surface area contributed by atoms with Crippen LogP contribution < -0.4 is 9.64 Å². The van der Waals surface area contributed by atoms with Gasteiger partial charge in [0.1, 0.15) is 11.2 Å². The third-order valence-corrected chi connectivity index (χ3v) is 15.1. The summed E-state index contributed by atoms with van der Waals surface area (Å²) < 4.78 is 24.0. The molecule has 4 aliphatic heterocycles. The van der Waals surface area contributed by atoms with E-state index in [0.29, 0.717) is 43.7 Å². The summed E-state index contributed by atoms with van der Waals surface area (Å²) in [5, 5.41) is 14.4. The van der Waals surface area contributed by atoms with E-state index in [2.05, 4.69) is 59.5 Å². The number of likely N-dealkylation sites (tertiary alicyclic amines) is 1. The number of aromatic amines is 1. The van der Waals surface area contributed by atoms with Crippen molar-refractivity contribution >= 4 is 34.5 Å². The number of benzene rings is 2. The number of hydrogen-bond acceptors (Lipinski definition) is 11. The highest BCUT2D eigenvalue weighted by molar-refractivity contribution is 5.95. The van der Waals surface area contributed by atoms with Crippen molar-refractivity contribution in [2.75, 3.05) is 66.0 Å². The lowest BCUT2D eigenvalue weighted by Gasteiger charge is -2.62. The molecule has 1 saturated heterocycles. The van der Waals surface area contributed by atoms with E-state index in [9.17, 15) is 14.7 Å². The average Bonchev–Trinajstić information content (AvgIpc) is 3.91. The van der Waals surface area contributed by atoms with Crippen molar-refractivity contribution in [1.29, 1.82) is 0 Å². The quantitative estimate of drug-likeness (QED) is 0.163. The number of aliphatic hydroxyl groups is 1. The first-order valence-electron chi connectivity index (χ1n) is 21.2. The predicted molar refractivity (Wildman–Crippen MR) is 226 cm³/mol. The molecule has 1 aliphatic carbocycles. The van der Waals surface area contributed by atoms with Gasteiger partial charge in [0.2, 0.25) is 5.60 Å². The summed E-state index contributed by atoms with van der Waals surface area (Å²) >= 11 is 0. The lowest BCUT2D eigenvalue weighted by molar-refractivity contribution is -0.227. The van der Waals surface area contributed by atoms with Gasteiger partial charge in [0.15, 0.2) is 6.10 Å². The van der Waals surface area contributed by atoms with Crippen LogP contribution in [0.25, 0.3) is 10.9 Å². The number of esters is 3. The molecule has 5 aliphatic rings. The minimum absolute atomic E-state index is 0.00797. The SMILES string of the molecule is C=C[C@@]1(CC)[C@@H](OC(C)=O)[C@](O)(C(=O)OC)C2N(C)c3cc(OC)c([C@@]4(C(=O)OC)C[C@H]5C=C(CC)CN(CCc6c4[nH]c4ccccc64)C5)cc3[C@@]23CCN(CC)[C@@H]13. The average molecular weight is 809 g/mol. The Morgan fingerprint density at radius 1 is 1.02 bits per heavy atom. The third-order valence-electron chi connectivity index (χ3n) is 15.1. The van der Waals surface area contributed by atoms with Gasteiger partial charge in [0.05, 0.1) is 27.4 Å². The maximum atomic E-state index is 15.3. The molecule has 316 valence electrons. The molecule has 2 aromatic carbocycles. The van der Waals surface area contributed by atoms with Crippen molar-refractivity contribution in [3.05, 3.63) is 83.1 Å². The number of methoxy groups -OCH3 is 3. The number of nitrogens with zero attached hydrogens (tertiary/aromatic N) is 3. The minimum atomic E-state index is -2.33. The number of H-pyrrole nitrogens is 1. The second kappa shape index (κ2) is 14.8. The first-order chi connectivity index (χ1) is 28.3. The number of fused-ring (bicyclic) bond motifs is 6. The highest BCUT2D eigenvalue weighted by Crippen LogP contribution is 2.67. The van der Waals surface area contributed by atoms with Crippen molar-refractivity contribution in [1.82, 2.24) is 14.8 Å². The van der Waals surface area contributed by atoms with E-state index >= 15 is 4.79 Å². The number of carbonyl (C=O) groups excluding carboxylic acids is 3. The Hall–Kier alpha value is -4.65. The molecule has 1 saturated carbocycles. The molecule has 2 unspecified atom stereocenters. The number of rotatable bonds is 9. The molecule has 9 atom stereocenters. The van der Waals surface area contributed by atoms with Gasteiger partial charge in [-0.05, 0) is 74.4 Å². The van der Waals surface area contributed by atoms with E-state index in [1.807, 2.05) is 37.1 Å². The number of ether oxygens (including phenoxy) is 4. The number of carbonyl (C=O) groups is 3. The standard InChI is InChI=1S/C47H60N4O8/c1-10-29-22-30-25-46(42(53)57-8,38-32(18-20-50(26-29)27-30)31-16-14-15-17-35(31)48-38)34-23-33-36(24-37(34)56-7)49(6)40-45(33)19-21-51(13-4)39(45)44(11-2,12-3)41(59-28(5)52)47(40,55)43(54)58-9/h11,14-17,22-24,30,39-41,48,55H,2,10,12-13,18-21,25-27H2,1,3-9H3/t30-,39+,40?,41-,44+,45-,46+,47+/m1/s1. The molecular formula is C47H60N4O8. The lowest BCUT2D eigenvalue weighted by atomic mass is 9.48. The van der Waals surface area contributed by atoms with Gasteiger partial charge in [-0.3, -0.25) is 19.4 Å². The maximum Gasteiger partial charge on any atom is 0.344 e. The first-order valence-corrected chi connectivity index (χ1v) is 21.2.